The van der Waals surface area contributed by atoms with E-state index < -0.39 is 11.8 Å². The fourth-order valence-corrected chi connectivity index (χ4v) is 1.31. The zero-order valence-electron chi connectivity index (χ0n) is 10.2. The van der Waals surface area contributed by atoms with Crippen molar-refractivity contribution in [2.24, 2.45) is 5.73 Å². The number of nitrogens with one attached hydrogen (secondary N) is 1. The molecule has 0 bridgehead atoms. The smallest absolute Gasteiger partial charge is 0.257 e. The summed E-state index contributed by atoms with van der Waals surface area (Å²) in [4.78, 5) is 22.5. The van der Waals surface area contributed by atoms with Gasteiger partial charge in [-0.2, -0.15) is 5.26 Å². The number of rotatable bonds is 6. The van der Waals surface area contributed by atoms with Crippen molar-refractivity contribution in [3.63, 3.8) is 0 Å². The summed E-state index contributed by atoms with van der Waals surface area (Å²) in [5.41, 5.74) is 11.3. The molecule has 19 heavy (non-hydrogen) atoms. The number of benzene rings is 1. The maximum atomic E-state index is 11.4. The minimum Gasteiger partial charge on any atom is -0.483 e. The topological polar surface area (TPSA) is 131 Å². The number of nitrogen functional groups attached to an aromatic ring is 1. The Labute approximate surface area is 110 Å². The predicted octanol–water partition coefficient (Wildman–Crippen LogP) is -0.224. The number of hydrogen-bond donors (Lipinski definition) is 3. The highest BCUT2D eigenvalue weighted by atomic mass is 16.5. The summed E-state index contributed by atoms with van der Waals surface area (Å²) < 4.78 is 5.20. The quantitative estimate of drug-likeness (QED) is 0.481. The average molecular weight is 262 g/mol. The molecule has 1 rings (SSSR count). The first-order valence-corrected chi connectivity index (χ1v) is 5.50. The number of hydrogen-bond acceptors (Lipinski definition) is 5. The molecule has 100 valence electrons. The minimum atomic E-state index is -0.667. The Hall–Kier alpha value is -2.75. The van der Waals surface area contributed by atoms with E-state index in [4.69, 9.17) is 21.5 Å². The Bertz CT molecular complexity index is 522. The van der Waals surface area contributed by atoms with Crippen LogP contribution in [0, 0.1) is 11.3 Å². The first-order chi connectivity index (χ1) is 9.04. The van der Waals surface area contributed by atoms with Crippen LogP contribution in [0.15, 0.2) is 18.2 Å². The van der Waals surface area contributed by atoms with Crippen LogP contribution in [0.2, 0.25) is 0 Å². The van der Waals surface area contributed by atoms with Gasteiger partial charge in [0.05, 0.1) is 18.1 Å². The summed E-state index contributed by atoms with van der Waals surface area (Å²) in [6.07, 6.45) is 0.219. The minimum absolute atomic E-state index is 0.152. The van der Waals surface area contributed by atoms with Crippen molar-refractivity contribution in [3.8, 4) is 11.8 Å². The molecule has 0 aliphatic carbocycles. The van der Waals surface area contributed by atoms with Gasteiger partial charge in [0.2, 0.25) is 0 Å². The van der Waals surface area contributed by atoms with Gasteiger partial charge in [0.25, 0.3) is 11.8 Å². The van der Waals surface area contributed by atoms with Crippen LogP contribution in [-0.4, -0.2) is 25.0 Å². The molecule has 1 aromatic carbocycles. The third-order valence-corrected chi connectivity index (χ3v) is 2.19. The van der Waals surface area contributed by atoms with Crippen LogP contribution in [0.5, 0.6) is 5.75 Å². The van der Waals surface area contributed by atoms with E-state index in [1.54, 1.807) is 0 Å². The van der Waals surface area contributed by atoms with Gasteiger partial charge in [0, 0.05) is 18.3 Å². The highest BCUT2D eigenvalue weighted by molar-refractivity contribution is 5.96. The average Bonchev–Trinajstić information content (AvgIpc) is 2.36. The van der Waals surface area contributed by atoms with Crippen molar-refractivity contribution in [2.45, 2.75) is 6.42 Å². The molecule has 0 atom stereocenters. The van der Waals surface area contributed by atoms with Crippen LogP contribution in [0.25, 0.3) is 0 Å². The maximum absolute atomic E-state index is 11.4. The fourth-order valence-electron chi connectivity index (χ4n) is 1.31. The van der Waals surface area contributed by atoms with Gasteiger partial charge in [-0.1, -0.05) is 0 Å². The second-order valence-electron chi connectivity index (χ2n) is 3.67. The normalized spacial score (nSPS) is 9.42. The maximum Gasteiger partial charge on any atom is 0.257 e. The molecule has 0 aliphatic rings. The molecule has 0 aromatic heterocycles. The number of primary amides is 1. The molecule has 0 unspecified atom stereocenters. The number of anilines is 1. The molecule has 0 fully saturated rings. The van der Waals surface area contributed by atoms with E-state index in [2.05, 4.69) is 5.32 Å². The van der Waals surface area contributed by atoms with Gasteiger partial charge in [0.1, 0.15) is 5.75 Å². The van der Waals surface area contributed by atoms with Crippen molar-refractivity contribution in [1.82, 2.24) is 5.32 Å². The third-order valence-electron chi connectivity index (χ3n) is 2.19. The molecule has 1 aromatic rings. The van der Waals surface area contributed by atoms with Crippen molar-refractivity contribution < 1.29 is 14.3 Å². The van der Waals surface area contributed by atoms with Crippen molar-refractivity contribution >= 4 is 17.5 Å². The van der Waals surface area contributed by atoms with Crippen molar-refractivity contribution in [3.05, 3.63) is 23.8 Å². The van der Waals surface area contributed by atoms with Crippen LogP contribution in [0.4, 0.5) is 5.69 Å². The lowest BCUT2D eigenvalue weighted by atomic mass is 10.1. The molecule has 0 heterocycles. The second-order valence-corrected chi connectivity index (χ2v) is 3.67. The molecule has 7 heteroatoms. The summed E-state index contributed by atoms with van der Waals surface area (Å²) in [7, 11) is 0. The van der Waals surface area contributed by atoms with Gasteiger partial charge >= 0.3 is 0 Å². The Morgan fingerprint density at radius 1 is 1.42 bits per heavy atom. The molecule has 7 nitrogen and oxygen atoms in total. The largest absolute Gasteiger partial charge is 0.483 e. The second kappa shape index (κ2) is 6.86. The Kier molecular flexibility index (Phi) is 5.17. The predicted molar refractivity (Wildman–Crippen MR) is 68.1 cm³/mol. The van der Waals surface area contributed by atoms with E-state index in [1.807, 2.05) is 6.07 Å². The van der Waals surface area contributed by atoms with Gasteiger partial charge in [-0.25, -0.2) is 0 Å². The monoisotopic (exact) mass is 262 g/mol. The highest BCUT2D eigenvalue weighted by Gasteiger charge is 2.11. The number of nitrogens with zero attached hydrogens (tertiary/aromatic N) is 1. The summed E-state index contributed by atoms with van der Waals surface area (Å²) >= 11 is 0. The van der Waals surface area contributed by atoms with E-state index in [1.165, 1.54) is 18.2 Å². The number of carbonyl (C=O) groups excluding carboxylic acids is 2. The van der Waals surface area contributed by atoms with Crippen molar-refractivity contribution in [1.29, 1.82) is 5.26 Å². The zero-order valence-corrected chi connectivity index (χ0v) is 10.2. The lowest BCUT2D eigenvalue weighted by Crippen LogP contribution is -2.30. The van der Waals surface area contributed by atoms with Crippen molar-refractivity contribution in [2.75, 3.05) is 18.9 Å². The lowest BCUT2D eigenvalue weighted by molar-refractivity contribution is -0.123. The molecule has 2 amide bonds. The number of nitriles is 1. The molecule has 5 N–H and O–H groups in total. The molecule has 0 aliphatic heterocycles. The van der Waals surface area contributed by atoms with E-state index in [0.717, 1.165) is 0 Å². The molecule has 0 saturated carbocycles. The van der Waals surface area contributed by atoms with Crippen LogP contribution < -0.4 is 21.5 Å². The summed E-state index contributed by atoms with van der Waals surface area (Å²) in [5, 5.41) is 10.8. The molecular formula is C12H14N4O3. The molecule has 0 radical (unpaired) electrons. The Morgan fingerprint density at radius 3 is 2.79 bits per heavy atom. The van der Waals surface area contributed by atoms with Gasteiger partial charge in [-0.15, -0.1) is 0 Å². The van der Waals surface area contributed by atoms with Gasteiger partial charge in [0.15, 0.2) is 6.61 Å². The number of ether oxygens (including phenoxy) is 1. The Morgan fingerprint density at radius 2 is 2.16 bits per heavy atom. The van der Waals surface area contributed by atoms with E-state index in [0.29, 0.717) is 5.69 Å². The van der Waals surface area contributed by atoms with Gasteiger partial charge in [-0.05, 0) is 12.1 Å². The highest BCUT2D eigenvalue weighted by Crippen LogP contribution is 2.21. The lowest BCUT2D eigenvalue weighted by Gasteiger charge is -2.10. The molecule has 0 saturated heterocycles. The number of amides is 2. The van der Waals surface area contributed by atoms with E-state index >= 15 is 0 Å². The first kappa shape index (κ1) is 14.3. The Balaban J connectivity index is 2.62. The standard InChI is InChI=1S/C12H14N4O3/c13-4-1-5-16-11(17)7-19-10-6-8(14)2-3-9(10)12(15)18/h2-3,6H,1,5,7,14H2,(H2,15,18)(H,16,17). The van der Waals surface area contributed by atoms with E-state index in [-0.39, 0.29) is 30.9 Å². The summed E-state index contributed by atoms with van der Waals surface area (Å²) in [5.74, 6) is -0.907. The number of carbonyl (C=O) groups is 2. The van der Waals surface area contributed by atoms with Gasteiger partial charge in [-0.3, -0.25) is 9.59 Å². The van der Waals surface area contributed by atoms with Crippen LogP contribution in [-0.2, 0) is 4.79 Å². The molecule has 0 spiro atoms. The molecular weight excluding hydrogens is 248 g/mol. The summed E-state index contributed by atoms with van der Waals surface area (Å²) in [6.45, 7) is -0.0343. The van der Waals surface area contributed by atoms with Crippen LogP contribution in [0.3, 0.4) is 0 Å². The van der Waals surface area contributed by atoms with Crippen LogP contribution in [0.1, 0.15) is 16.8 Å². The first-order valence-electron chi connectivity index (χ1n) is 5.50. The van der Waals surface area contributed by atoms with Gasteiger partial charge < -0.3 is 21.5 Å². The summed E-state index contributed by atoms with van der Waals surface area (Å²) in [6, 6.07) is 6.26. The van der Waals surface area contributed by atoms with E-state index in [9.17, 15) is 9.59 Å². The number of nitrogens with two attached hydrogens (primary N) is 2. The third kappa shape index (κ3) is 4.55. The fraction of sp³-hybridized carbons (Fsp3) is 0.250. The zero-order chi connectivity index (χ0) is 14.3. The SMILES string of the molecule is N#CCCNC(=O)COc1cc(N)ccc1C(N)=O. The van der Waals surface area contributed by atoms with Crippen LogP contribution >= 0.6 is 0 Å².